The van der Waals surface area contributed by atoms with Gasteiger partial charge >= 0.3 is 6.09 Å². The number of carbonyl (C=O) groups excluding carboxylic acids is 1. The third-order valence-corrected chi connectivity index (χ3v) is 2.77. The van der Waals surface area contributed by atoms with Gasteiger partial charge < -0.3 is 10.4 Å². The molecule has 2 N–H and O–H groups in total. The average molecular weight is 217 g/mol. The fraction of sp³-hybridized carbons (Fsp3) is 0.250. The maximum Gasteiger partial charge on any atom is 0.405 e. The molecule has 0 heterocycles. The zero-order chi connectivity index (χ0) is 11.5. The highest BCUT2D eigenvalue weighted by molar-refractivity contribution is 5.89. The lowest BCUT2D eigenvalue weighted by Gasteiger charge is -2.25. The van der Waals surface area contributed by atoms with Crippen molar-refractivity contribution in [1.29, 1.82) is 0 Å². The molecule has 1 aromatic rings. The summed E-state index contributed by atoms with van der Waals surface area (Å²) < 4.78 is 0. The van der Waals surface area contributed by atoms with Crippen LogP contribution in [0.5, 0.6) is 0 Å². The molecule has 1 atom stereocenters. The molecule has 0 spiro atoms. The third kappa shape index (κ3) is 1.83. The van der Waals surface area contributed by atoms with Crippen molar-refractivity contribution in [3.8, 4) is 0 Å². The minimum Gasteiger partial charge on any atom is -0.465 e. The standard InChI is InChI=1S/C12H11NO3/c14-7-8-5-6-11(13-12(15)16)10-4-2-1-3-9(8)10/h1-4,11,13H,5-6H2,(H,15,16)/t11-/m0/s1. The largest absolute Gasteiger partial charge is 0.465 e. The van der Waals surface area contributed by atoms with E-state index in [1.807, 2.05) is 30.2 Å². The van der Waals surface area contributed by atoms with Crippen LogP contribution in [0.1, 0.15) is 30.0 Å². The van der Waals surface area contributed by atoms with Gasteiger partial charge in [-0.05, 0) is 24.0 Å². The fourth-order valence-corrected chi connectivity index (χ4v) is 2.06. The highest BCUT2D eigenvalue weighted by atomic mass is 16.4. The molecular formula is C12H11NO3. The van der Waals surface area contributed by atoms with E-state index in [2.05, 4.69) is 5.32 Å². The molecule has 0 saturated carbocycles. The molecule has 82 valence electrons. The number of hydrogen-bond acceptors (Lipinski definition) is 2. The van der Waals surface area contributed by atoms with Gasteiger partial charge in [0.2, 0.25) is 0 Å². The van der Waals surface area contributed by atoms with Gasteiger partial charge in [-0.15, -0.1) is 0 Å². The van der Waals surface area contributed by atoms with Crippen LogP contribution >= 0.6 is 0 Å². The molecule has 0 radical (unpaired) electrons. The molecule has 16 heavy (non-hydrogen) atoms. The Bertz CT molecular complexity index is 475. The highest BCUT2D eigenvalue weighted by Gasteiger charge is 2.24. The summed E-state index contributed by atoms with van der Waals surface area (Å²) in [7, 11) is 0. The Morgan fingerprint density at radius 1 is 1.44 bits per heavy atom. The minimum atomic E-state index is -1.04. The number of allylic oxidation sites excluding steroid dienone is 1. The molecule has 4 heteroatoms. The summed E-state index contributed by atoms with van der Waals surface area (Å²) >= 11 is 0. The topological polar surface area (TPSA) is 66.4 Å². The lowest BCUT2D eigenvalue weighted by atomic mass is 9.85. The number of fused-ring (bicyclic) bond motifs is 1. The number of carbonyl (C=O) groups is 1. The smallest absolute Gasteiger partial charge is 0.405 e. The monoisotopic (exact) mass is 217 g/mol. The van der Waals surface area contributed by atoms with E-state index in [0.717, 1.165) is 11.1 Å². The van der Waals surface area contributed by atoms with E-state index < -0.39 is 6.09 Å². The first kappa shape index (κ1) is 10.5. The summed E-state index contributed by atoms with van der Waals surface area (Å²) in [6.45, 7) is 0. The molecule has 0 aliphatic heterocycles. The second-order valence-electron chi connectivity index (χ2n) is 3.71. The summed E-state index contributed by atoms with van der Waals surface area (Å²) in [4.78, 5) is 21.4. The predicted molar refractivity (Wildman–Crippen MR) is 58.7 cm³/mol. The van der Waals surface area contributed by atoms with Gasteiger partial charge in [0.25, 0.3) is 0 Å². The van der Waals surface area contributed by atoms with Gasteiger partial charge in [0.05, 0.1) is 6.04 Å². The van der Waals surface area contributed by atoms with E-state index >= 15 is 0 Å². The molecule has 1 aromatic carbocycles. The van der Waals surface area contributed by atoms with Crippen molar-refractivity contribution in [1.82, 2.24) is 5.32 Å². The minimum absolute atomic E-state index is 0.231. The van der Waals surface area contributed by atoms with Gasteiger partial charge in [-0.1, -0.05) is 24.3 Å². The number of amides is 1. The highest BCUT2D eigenvalue weighted by Crippen LogP contribution is 2.35. The maximum absolute atomic E-state index is 10.8. The molecule has 1 aliphatic carbocycles. The lowest BCUT2D eigenvalue weighted by Crippen LogP contribution is -2.29. The molecule has 0 bridgehead atoms. The van der Waals surface area contributed by atoms with Crippen molar-refractivity contribution in [3.63, 3.8) is 0 Å². The first-order chi connectivity index (χ1) is 7.72. The van der Waals surface area contributed by atoms with Crippen molar-refractivity contribution in [2.24, 2.45) is 0 Å². The third-order valence-electron chi connectivity index (χ3n) is 2.77. The van der Waals surface area contributed by atoms with E-state index in [0.29, 0.717) is 18.4 Å². The van der Waals surface area contributed by atoms with Crippen molar-refractivity contribution in [3.05, 3.63) is 35.4 Å². The van der Waals surface area contributed by atoms with Crippen molar-refractivity contribution < 1.29 is 14.7 Å². The molecule has 0 fully saturated rings. The number of nitrogens with one attached hydrogen (secondary N) is 1. The molecule has 1 amide bonds. The van der Waals surface area contributed by atoms with E-state index in [1.165, 1.54) is 0 Å². The van der Waals surface area contributed by atoms with Crippen LogP contribution in [0.2, 0.25) is 0 Å². The van der Waals surface area contributed by atoms with Crippen LogP contribution in [0.3, 0.4) is 0 Å². The molecule has 1 aliphatic rings. The Hall–Kier alpha value is -2.06. The molecule has 2 rings (SSSR count). The van der Waals surface area contributed by atoms with Crippen molar-refractivity contribution >= 4 is 17.6 Å². The molecule has 0 saturated heterocycles. The lowest BCUT2D eigenvalue weighted by molar-refractivity contribution is 0.189. The molecule has 4 nitrogen and oxygen atoms in total. The SMILES string of the molecule is O=C=C1CC[C@H](NC(=O)O)c2ccccc21. The first-order valence-electron chi connectivity index (χ1n) is 5.05. The second-order valence-corrected chi connectivity index (χ2v) is 3.71. The summed E-state index contributed by atoms with van der Waals surface area (Å²) in [5.41, 5.74) is 2.29. The van der Waals surface area contributed by atoms with Crippen LogP contribution in [0, 0.1) is 0 Å². The summed E-state index contributed by atoms with van der Waals surface area (Å²) in [5.74, 6) is 1.93. The quantitative estimate of drug-likeness (QED) is 0.707. The maximum atomic E-state index is 10.8. The van der Waals surface area contributed by atoms with E-state index in [4.69, 9.17) is 5.11 Å². The Morgan fingerprint density at radius 2 is 2.19 bits per heavy atom. The first-order valence-corrected chi connectivity index (χ1v) is 5.05. The second kappa shape index (κ2) is 4.21. The number of benzene rings is 1. The Labute approximate surface area is 92.6 Å². The van der Waals surface area contributed by atoms with Gasteiger partial charge in [-0.3, -0.25) is 0 Å². The Morgan fingerprint density at radius 3 is 2.88 bits per heavy atom. The van der Waals surface area contributed by atoms with Crippen LogP contribution in [-0.4, -0.2) is 17.1 Å². The summed E-state index contributed by atoms with van der Waals surface area (Å²) in [6.07, 6.45) is 0.123. The van der Waals surface area contributed by atoms with Crippen LogP contribution in [0.15, 0.2) is 24.3 Å². The van der Waals surface area contributed by atoms with E-state index in [-0.39, 0.29) is 6.04 Å². The number of hydrogen-bond donors (Lipinski definition) is 2. The molecule has 0 aromatic heterocycles. The Balaban J connectivity index is 2.42. The van der Waals surface area contributed by atoms with Crippen molar-refractivity contribution in [2.75, 3.05) is 0 Å². The predicted octanol–water partition coefficient (Wildman–Crippen LogP) is 2.00. The van der Waals surface area contributed by atoms with E-state index in [9.17, 15) is 9.59 Å². The van der Waals surface area contributed by atoms with Crippen LogP contribution in [0.25, 0.3) is 5.57 Å². The van der Waals surface area contributed by atoms with Crippen LogP contribution < -0.4 is 5.32 Å². The number of rotatable bonds is 1. The van der Waals surface area contributed by atoms with E-state index in [1.54, 1.807) is 0 Å². The number of carboxylic acid groups (broad SMARTS) is 1. The summed E-state index contributed by atoms with van der Waals surface area (Å²) in [6, 6.07) is 7.10. The van der Waals surface area contributed by atoms with Gasteiger partial charge in [-0.25, -0.2) is 9.59 Å². The zero-order valence-electron chi connectivity index (χ0n) is 8.56. The van der Waals surface area contributed by atoms with Gasteiger partial charge in [-0.2, -0.15) is 0 Å². The molecule has 0 unspecified atom stereocenters. The zero-order valence-corrected chi connectivity index (χ0v) is 8.56. The van der Waals surface area contributed by atoms with Crippen molar-refractivity contribution in [2.45, 2.75) is 18.9 Å². The van der Waals surface area contributed by atoms with Crippen LogP contribution in [0.4, 0.5) is 4.79 Å². The van der Waals surface area contributed by atoms with Crippen LogP contribution in [-0.2, 0) is 4.79 Å². The molecular weight excluding hydrogens is 206 g/mol. The fourth-order valence-electron chi connectivity index (χ4n) is 2.06. The van der Waals surface area contributed by atoms with Gasteiger partial charge in [0.15, 0.2) is 0 Å². The Kier molecular flexibility index (Phi) is 2.75. The summed E-state index contributed by atoms with van der Waals surface area (Å²) in [5, 5.41) is 11.2. The van der Waals surface area contributed by atoms with Gasteiger partial charge in [0.1, 0.15) is 5.94 Å². The normalized spacial score (nSPS) is 18.5. The average Bonchev–Trinajstić information content (AvgIpc) is 2.29. The van der Waals surface area contributed by atoms with Gasteiger partial charge in [0, 0.05) is 5.57 Å².